The molecule has 1 unspecified atom stereocenters. The SMILES string of the molecule is CC/C=C\C/C=C\C/C=C\CCCCCC(=O)OC(COC(=O)CCCCCCC/C=C\CCC)COC(=O)CCCCCCCCCCC/C=C\CCCCCCCC. The fourth-order valence-corrected chi connectivity index (χ4v) is 6.92. The fraction of sp³-hybridized carbons (Fsp3) is 0.759. The summed E-state index contributed by atoms with van der Waals surface area (Å²) in [6.07, 6.45) is 59.3. The molecule has 0 saturated heterocycles. The molecule has 0 aromatic heterocycles. The quantitative estimate of drug-likeness (QED) is 0.0263. The van der Waals surface area contributed by atoms with Gasteiger partial charge >= 0.3 is 17.9 Å². The molecule has 0 saturated carbocycles. The van der Waals surface area contributed by atoms with Gasteiger partial charge in [-0.05, 0) is 96.3 Å². The number of carbonyl (C=O) groups is 3. The average Bonchev–Trinajstić information content (AvgIpc) is 3.24. The standard InChI is InChI=1S/C54H94O6/c1-4-7-10-13-16-19-22-24-25-26-27-28-29-31-32-35-38-41-44-47-53(56)59-50-51(49-58-52(55)46-43-40-37-34-21-18-15-12-9-6-3)60-54(57)48-45-42-39-36-33-30-23-20-17-14-11-8-5-2/h8,11-12,15,17,20,24-25,30,33,51H,4-7,9-10,13-14,16,18-19,21-23,26-29,31-32,34-50H2,1-3H3/b11-8-,15-12-,20-17-,25-24-,33-30-. The molecule has 60 heavy (non-hydrogen) atoms. The van der Waals surface area contributed by atoms with E-state index >= 15 is 0 Å². The lowest BCUT2D eigenvalue weighted by atomic mass is 10.1. The van der Waals surface area contributed by atoms with E-state index in [0.717, 1.165) is 96.3 Å². The summed E-state index contributed by atoms with van der Waals surface area (Å²) in [6, 6.07) is 0. The molecule has 0 aliphatic carbocycles. The molecule has 6 nitrogen and oxygen atoms in total. The Morgan fingerprint density at radius 1 is 0.350 bits per heavy atom. The van der Waals surface area contributed by atoms with Crippen molar-refractivity contribution >= 4 is 17.9 Å². The topological polar surface area (TPSA) is 78.9 Å². The Bertz CT molecular complexity index is 1100. The molecular formula is C54H94O6. The number of unbranched alkanes of at least 4 members (excludes halogenated alkanes) is 24. The summed E-state index contributed by atoms with van der Waals surface area (Å²) in [5, 5.41) is 0. The molecule has 0 rings (SSSR count). The zero-order chi connectivity index (χ0) is 43.7. The minimum Gasteiger partial charge on any atom is -0.462 e. The van der Waals surface area contributed by atoms with Crippen molar-refractivity contribution in [1.82, 2.24) is 0 Å². The molecule has 0 aromatic rings. The first-order chi connectivity index (χ1) is 29.5. The van der Waals surface area contributed by atoms with Crippen molar-refractivity contribution in [2.75, 3.05) is 13.2 Å². The van der Waals surface area contributed by atoms with Crippen LogP contribution in [0, 0.1) is 0 Å². The molecule has 0 amide bonds. The van der Waals surface area contributed by atoms with Crippen LogP contribution >= 0.6 is 0 Å². The van der Waals surface area contributed by atoms with Crippen molar-refractivity contribution in [3.63, 3.8) is 0 Å². The van der Waals surface area contributed by atoms with E-state index in [2.05, 4.69) is 81.5 Å². The molecule has 0 aliphatic heterocycles. The number of hydrogen-bond donors (Lipinski definition) is 0. The Labute approximate surface area is 370 Å². The van der Waals surface area contributed by atoms with E-state index < -0.39 is 6.10 Å². The first kappa shape index (κ1) is 57.1. The summed E-state index contributed by atoms with van der Waals surface area (Å²) in [5.74, 6) is -0.931. The Balaban J connectivity index is 4.34. The van der Waals surface area contributed by atoms with Crippen LogP contribution in [-0.2, 0) is 28.6 Å². The summed E-state index contributed by atoms with van der Waals surface area (Å²) in [6.45, 7) is 6.42. The van der Waals surface area contributed by atoms with E-state index in [4.69, 9.17) is 14.2 Å². The van der Waals surface area contributed by atoms with Gasteiger partial charge in [-0.15, -0.1) is 0 Å². The highest BCUT2D eigenvalue weighted by molar-refractivity contribution is 5.71. The van der Waals surface area contributed by atoms with E-state index in [1.165, 1.54) is 109 Å². The van der Waals surface area contributed by atoms with Gasteiger partial charge in [0.1, 0.15) is 13.2 Å². The third-order valence-electron chi connectivity index (χ3n) is 10.7. The lowest BCUT2D eigenvalue weighted by molar-refractivity contribution is -0.167. The maximum atomic E-state index is 12.7. The summed E-state index contributed by atoms with van der Waals surface area (Å²) < 4.78 is 16.7. The minimum atomic E-state index is -0.791. The Morgan fingerprint density at radius 3 is 1.12 bits per heavy atom. The zero-order valence-electron chi connectivity index (χ0n) is 39.5. The Kier molecular flexibility index (Phi) is 46.4. The molecule has 0 heterocycles. The molecule has 0 radical (unpaired) electrons. The van der Waals surface area contributed by atoms with Crippen LogP contribution in [0.2, 0.25) is 0 Å². The first-order valence-electron chi connectivity index (χ1n) is 25.3. The van der Waals surface area contributed by atoms with Crippen LogP contribution in [0.3, 0.4) is 0 Å². The minimum absolute atomic E-state index is 0.0897. The predicted molar refractivity (Wildman–Crippen MR) is 256 cm³/mol. The number of allylic oxidation sites excluding steroid dienone is 10. The van der Waals surface area contributed by atoms with Gasteiger partial charge in [0, 0.05) is 19.3 Å². The highest BCUT2D eigenvalue weighted by Gasteiger charge is 2.19. The van der Waals surface area contributed by atoms with Gasteiger partial charge in [0.25, 0.3) is 0 Å². The van der Waals surface area contributed by atoms with Gasteiger partial charge in [0.15, 0.2) is 6.10 Å². The summed E-state index contributed by atoms with van der Waals surface area (Å²) >= 11 is 0. The molecule has 0 N–H and O–H groups in total. The largest absolute Gasteiger partial charge is 0.462 e. The van der Waals surface area contributed by atoms with Crippen LogP contribution in [0.4, 0.5) is 0 Å². The van der Waals surface area contributed by atoms with E-state index in [-0.39, 0.29) is 31.1 Å². The molecule has 0 bridgehead atoms. The molecule has 346 valence electrons. The summed E-state index contributed by atoms with van der Waals surface area (Å²) in [4.78, 5) is 37.8. The van der Waals surface area contributed by atoms with Crippen molar-refractivity contribution in [1.29, 1.82) is 0 Å². The van der Waals surface area contributed by atoms with Gasteiger partial charge < -0.3 is 14.2 Å². The number of carbonyl (C=O) groups excluding carboxylic acids is 3. The highest BCUT2D eigenvalue weighted by Crippen LogP contribution is 2.14. The number of ether oxygens (including phenoxy) is 3. The van der Waals surface area contributed by atoms with E-state index in [9.17, 15) is 14.4 Å². The Hall–Kier alpha value is -2.89. The molecular weight excluding hydrogens is 745 g/mol. The maximum absolute atomic E-state index is 12.7. The third-order valence-corrected chi connectivity index (χ3v) is 10.7. The van der Waals surface area contributed by atoms with E-state index in [0.29, 0.717) is 19.3 Å². The molecule has 0 aliphatic rings. The normalized spacial score (nSPS) is 12.5. The van der Waals surface area contributed by atoms with Crippen molar-refractivity contribution in [2.24, 2.45) is 0 Å². The summed E-state index contributed by atoms with van der Waals surface area (Å²) in [5.41, 5.74) is 0. The average molecular weight is 839 g/mol. The Morgan fingerprint density at radius 2 is 0.683 bits per heavy atom. The number of rotatable bonds is 45. The molecule has 0 fully saturated rings. The van der Waals surface area contributed by atoms with Gasteiger partial charge in [-0.1, -0.05) is 191 Å². The molecule has 1 atom stereocenters. The summed E-state index contributed by atoms with van der Waals surface area (Å²) in [7, 11) is 0. The van der Waals surface area contributed by atoms with Crippen LogP contribution in [0.5, 0.6) is 0 Å². The van der Waals surface area contributed by atoms with Crippen molar-refractivity contribution < 1.29 is 28.6 Å². The zero-order valence-corrected chi connectivity index (χ0v) is 39.5. The smallest absolute Gasteiger partial charge is 0.306 e. The lowest BCUT2D eigenvalue weighted by Crippen LogP contribution is -2.30. The van der Waals surface area contributed by atoms with Gasteiger partial charge in [-0.3, -0.25) is 14.4 Å². The van der Waals surface area contributed by atoms with Crippen molar-refractivity contribution in [3.05, 3.63) is 60.8 Å². The highest BCUT2D eigenvalue weighted by atomic mass is 16.6. The van der Waals surface area contributed by atoms with Crippen LogP contribution in [0.25, 0.3) is 0 Å². The third kappa shape index (κ3) is 46.2. The number of hydrogen-bond acceptors (Lipinski definition) is 6. The van der Waals surface area contributed by atoms with Crippen LogP contribution in [0.1, 0.15) is 245 Å². The maximum Gasteiger partial charge on any atom is 0.306 e. The van der Waals surface area contributed by atoms with Gasteiger partial charge in [0.05, 0.1) is 0 Å². The second-order valence-electron chi connectivity index (χ2n) is 16.7. The molecule has 0 aromatic carbocycles. The van der Waals surface area contributed by atoms with Crippen LogP contribution in [0.15, 0.2) is 60.8 Å². The first-order valence-corrected chi connectivity index (χ1v) is 25.3. The molecule has 6 heteroatoms. The van der Waals surface area contributed by atoms with Crippen molar-refractivity contribution in [3.8, 4) is 0 Å². The second kappa shape index (κ2) is 48.8. The fourth-order valence-electron chi connectivity index (χ4n) is 6.92. The van der Waals surface area contributed by atoms with Crippen molar-refractivity contribution in [2.45, 2.75) is 252 Å². The van der Waals surface area contributed by atoms with Gasteiger partial charge in [0.2, 0.25) is 0 Å². The molecule has 0 spiro atoms. The predicted octanol–water partition coefficient (Wildman–Crippen LogP) is 16.5. The second-order valence-corrected chi connectivity index (χ2v) is 16.7. The van der Waals surface area contributed by atoms with Crippen LogP contribution < -0.4 is 0 Å². The number of esters is 3. The van der Waals surface area contributed by atoms with E-state index in [1.807, 2.05) is 0 Å². The van der Waals surface area contributed by atoms with Gasteiger partial charge in [-0.25, -0.2) is 0 Å². The lowest BCUT2D eigenvalue weighted by Gasteiger charge is -2.18. The monoisotopic (exact) mass is 839 g/mol. The van der Waals surface area contributed by atoms with E-state index in [1.54, 1.807) is 0 Å². The van der Waals surface area contributed by atoms with Gasteiger partial charge in [-0.2, -0.15) is 0 Å². The van der Waals surface area contributed by atoms with Crippen LogP contribution in [-0.4, -0.2) is 37.2 Å².